The Bertz CT molecular complexity index is 165. The van der Waals surface area contributed by atoms with Crippen LogP contribution in [-0.4, -0.2) is 6.29 Å². The van der Waals surface area contributed by atoms with Crippen molar-refractivity contribution in [3.8, 4) is 0 Å². The second kappa shape index (κ2) is 14.7. The predicted octanol–water partition coefficient (Wildman–Crippen LogP) is 5.82. The molecule has 18 heavy (non-hydrogen) atoms. The molecule has 0 aliphatic carbocycles. The first kappa shape index (κ1) is 17.7. The molecule has 0 saturated heterocycles. The van der Waals surface area contributed by atoms with Crippen molar-refractivity contribution in [2.45, 2.75) is 97.3 Å². The molecule has 1 nitrogen and oxygen atoms in total. The standard InChI is InChI=1S/C17H33O/c1-3-5-6-7-8-9-10-11-12-13-15-17(16-18)14-4-2/h17H,3-15H2,1-2H3. The molecule has 0 N–H and O–H groups in total. The summed E-state index contributed by atoms with van der Waals surface area (Å²) in [6.07, 6.45) is 19.1. The topological polar surface area (TPSA) is 17.1 Å². The largest absolute Gasteiger partial charge is 0.291 e. The third-order valence-electron chi connectivity index (χ3n) is 3.71. The van der Waals surface area contributed by atoms with Crippen LogP contribution in [0.1, 0.15) is 97.3 Å². The molecule has 0 heterocycles. The minimum atomic E-state index is 0.212. The lowest BCUT2D eigenvalue weighted by Crippen LogP contribution is -2.01. The second-order valence-electron chi connectivity index (χ2n) is 5.57. The second-order valence-corrected chi connectivity index (χ2v) is 5.57. The summed E-state index contributed by atoms with van der Waals surface area (Å²) in [5, 5.41) is 0. The van der Waals surface area contributed by atoms with E-state index < -0.39 is 0 Å². The normalized spacial score (nSPS) is 12.6. The van der Waals surface area contributed by atoms with Gasteiger partial charge in [-0.2, -0.15) is 0 Å². The van der Waals surface area contributed by atoms with E-state index in [1.165, 1.54) is 64.2 Å². The van der Waals surface area contributed by atoms with Crippen molar-refractivity contribution in [1.29, 1.82) is 0 Å². The average Bonchev–Trinajstić information content (AvgIpc) is 2.39. The zero-order valence-corrected chi connectivity index (χ0v) is 12.7. The van der Waals surface area contributed by atoms with Crippen molar-refractivity contribution in [2.24, 2.45) is 5.92 Å². The van der Waals surface area contributed by atoms with E-state index in [2.05, 4.69) is 20.1 Å². The summed E-state index contributed by atoms with van der Waals surface area (Å²) < 4.78 is 0. The third-order valence-corrected chi connectivity index (χ3v) is 3.71. The zero-order chi connectivity index (χ0) is 13.5. The van der Waals surface area contributed by atoms with E-state index in [0.29, 0.717) is 0 Å². The molecule has 1 heteroatoms. The average molecular weight is 253 g/mol. The van der Waals surface area contributed by atoms with Gasteiger partial charge in [0.2, 0.25) is 6.29 Å². The van der Waals surface area contributed by atoms with E-state index in [1.54, 1.807) is 0 Å². The van der Waals surface area contributed by atoms with E-state index in [-0.39, 0.29) is 5.92 Å². The zero-order valence-electron chi connectivity index (χ0n) is 12.7. The quantitative estimate of drug-likeness (QED) is 0.356. The van der Waals surface area contributed by atoms with Gasteiger partial charge in [-0.1, -0.05) is 84.5 Å². The van der Waals surface area contributed by atoms with E-state index >= 15 is 0 Å². The molecule has 0 saturated carbocycles. The molecule has 1 radical (unpaired) electrons. The fraction of sp³-hybridized carbons (Fsp3) is 0.941. The molecular weight excluding hydrogens is 220 g/mol. The number of unbranched alkanes of at least 4 members (excludes halogenated alkanes) is 9. The Balaban J connectivity index is 3.13. The number of hydrogen-bond acceptors (Lipinski definition) is 1. The van der Waals surface area contributed by atoms with Crippen molar-refractivity contribution < 1.29 is 4.79 Å². The van der Waals surface area contributed by atoms with Gasteiger partial charge in [-0.05, 0) is 12.8 Å². The van der Waals surface area contributed by atoms with Crippen LogP contribution in [0.15, 0.2) is 0 Å². The highest BCUT2D eigenvalue weighted by Gasteiger charge is 2.06. The number of hydrogen-bond donors (Lipinski definition) is 0. The molecule has 107 valence electrons. The van der Waals surface area contributed by atoms with Gasteiger partial charge >= 0.3 is 0 Å². The summed E-state index contributed by atoms with van der Waals surface area (Å²) in [5.74, 6) is 0.212. The Morgan fingerprint density at radius 2 is 1.17 bits per heavy atom. The van der Waals surface area contributed by atoms with Gasteiger partial charge in [0, 0.05) is 5.92 Å². The molecule has 0 fully saturated rings. The first-order chi connectivity index (χ1) is 8.85. The molecule has 1 unspecified atom stereocenters. The van der Waals surface area contributed by atoms with E-state index in [4.69, 9.17) is 0 Å². The van der Waals surface area contributed by atoms with Crippen LogP contribution in [0.25, 0.3) is 0 Å². The predicted molar refractivity (Wildman–Crippen MR) is 80.6 cm³/mol. The van der Waals surface area contributed by atoms with Gasteiger partial charge in [-0.3, -0.25) is 4.79 Å². The fourth-order valence-electron chi connectivity index (χ4n) is 2.49. The van der Waals surface area contributed by atoms with Crippen LogP contribution in [0.2, 0.25) is 0 Å². The summed E-state index contributed by atoms with van der Waals surface area (Å²) in [6, 6.07) is 0. The first-order valence-corrected chi connectivity index (χ1v) is 8.22. The lowest BCUT2D eigenvalue weighted by Gasteiger charge is -2.07. The number of carbonyl (C=O) groups excluding carboxylic acids is 1. The van der Waals surface area contributed by atoms with Crippen LogP contribution in [0.4, 0.5) is 0 Å². The Morgan fingerprint density at radius 1 is 0.667 bits per heavy atom. The van der Waals surface area contributed by atoms with Crippen molar-refractivity contribution >= 4 is 6.29 Å². The van der Waals surface area contributed by atoms with Gasteiger partial charge < -0.3 is 0 Å². The molecule has 0 bridgehead atoms. The van der Waals surface area contributed by atoms with Crippen LogP contribution in [0.3, 0.4) is 0 Å². The summed E-state index contributed by atoms with van der Waals surface area (Å²) in [4.78, 5) is 10.7. The Kier molecular flexibility index (Phi) is 14.5. The molecule has 0 rings (SSSR count). The van der Waals surface area contributed by atoms with Crippen molar-refractivity contribution in [3.05, 3.63) is 0 Å². The van der Waals surface area contributed by atoms with Crippen LogP contribution in [0.5, 0.6) is 0 Å². The summed E-state index contributed by atoms with van der Waals surface area (Å²) in [7, 11) is 0. The summed E-state index contributed by atoms with van der Waals surface area (Å²) >= 11 is 0. The first-order valence-electron chi connectivity index (χ1n) is 8.22. The maximum Gasteiger partial charge on any atom is 0.201 e. The SMILES string of the molecule is CCCCCCCCCCCCC([C]=O)CCC. The summed E-state index contributed by atoms with van der Waals surface area (Å²) in [6.45, 7) is 4.41. The molecule has 0 aliphatic heterocycles. The van der Waals surface area contributed by atoms with Crippen molar-refractivity contribution in [3.63, 3.8) is 0 Å². The lowest BCUT2D eigenvalue weighted by molar-refractivity contribution is 0.464. The highest BCUT2D eigenvalue weighted by atomic mass is 16.1. The number of rotatable bonds is 14. The maximum atomic E-state index is 10.7. The van der Waals surface area contributed by atoms with Gasteiger partial charge in [-0.25, -0.2) is 0 Å². The molecule has 1 atom stereocenters. The summed E-state index contributed by atoms with van der Waals surface area (Å²) in [5.41, 5.74) is 0. The monoisotopic (exact) mass is 253 g/mol. The Labute approximate surface area is 115 Å². The third kappa shape index (κ3) is 12.1. The van der Waals surface area contributed by atoms with Gasteiger partial charge in [-0.15, -0.1) is 0 Å². The molecule has 0 aliphatic rings. The minimum Gasteiger partial charge on any atom is -0.291 e. The van der Waals surface area contributed by atoms with Gasteiger partial charge in [0.15, 0.2) is 0 Å². The molecule has 0 aromatic heterocycles. The highest BCUT2D eigenvalue weighted by Crippen LogP contribution is 2.15. The lowest BCUT2D eigenvalue weighted by atomic mass is 9.97. The molecule has 0 amide bonds. The van der Waals surface area contributed by atoms with Crippen molar-refractivity contribution in [1.82, 2.24) is 0 Å². The van der Waals surface area contributed by atoms with Gasteiger partial charge in [0.25, 0.3) is 0 Å². The molecular formula is C17H33O. The van der Waals surface area contributed by atoms with Crippen LogP contribution < -0.4 is 0 Å². The Morgan fingerprint density at radius 3 is 1.61 bits per heavy atom. The molecule has 0 aromatic rings. The van der Waals surface area contributed by atoms with E-state index in [0.717, 1.165) is 19.3 Å². The van der Waals surface area contributed by atoms with Gasteiger partial charge in [0.1, 0.15) is 0 Å². The van der Waals surface area contributed by atoms with Gasteiger partial charge in [0.05, 0.1) is 0 Å². The van der Waals surface area contributed by atoms with Crippen molar-refractivity contribution in [2.75, 3.05) is 0 Å². The van der Waals surface area contributed by atoms with Crippen LogP contribution in [-0.2, 0) is 4.79 Å². The smallest absolute Gasteiger partial charge is 0.201 e. The van der Waals surface area contributed by atoms with Crippen LogP contribution >= 0.6 is 0 Å². The fourth-order valence-corrected chi connectivity index (χ4v) is 2.49. The van der Waals surface area contributed by atoms with Crippen LogP contribution in [0, 0.1) is 5.92 Å². The highest BCUT2D eigenvalue weighted by molar-refractivity contribution is 5.54. The van der Waals surface area contributed by atoms with E-state index in [1.807, 2.05) is 0 Å². The minimum absolute atomic E-state index is 0.212. The Hall–Kier alpha value is -0.330. The molecule has 0 aromatic carbocycles. The maximum absolute atomic E-state index is 10.7. The van der Waals surface area contributed by atoms with E-state index in [9.17, 15) is 4.79 Å². The molecule has 0 spiro atoms.